The van der Waals surface area contributed by atoms with Crippen LogP contribution < -0.4 is 11.1 Å². The van der Waals surface area contributed by atoms with Crippen molar-refractivity contribution in [3.63, 3.8) is 0 Å². The number of hydrogen-bond acceptors (Lipinski definition) is 4. The molecule has 0 saturated carbocycles. The van der Waals surface area contributed by atoms with E-state index in [1.807, 2.05) is 12.1 Å². The van der Waals surface area contributed by atoms with Gasteiger partial charge in [-0.3, -0.25) is 9.59 Å². The minimum absolute atomic E-state index is 0.346. The molecule has 6 nitrogen and oxygen atoms in total. The van der Waals surface area contributed by atoms with Crippen LogP contribution in [0.4, 0.5) is 5.69 Å². The third kappa shape index (κ3) is 3.91. The van der Waals surface area contributed by atoms with Crippen LogP contribution in [0.5, 0.6) is 0 Å². The van der Waals surface area contributed by atoms with E-state index >= 15 is 0 Å². The fourth-order valence-electron chi connectivity index (χ4n) is 2.94. The number of amides is 2. The lowest BCUT2D eigenvalue weighted by molar-refractivity contribution is -0.123. The Kier molecular flexibility index (Phi) is 5.02. The maximum absolute atomic E-state index is 12.3. The van der Waals surface area contributed by atoms with Gasteiger partial charge in [0.1, 0.15) is 0 Å². The van der Waals surface area contributed by atoms with Crippen LogP contribution in [0.2, 0.25) is 0 Å². The summed E-state index contributed by atoms with van der Waals surface area (Å²) in [6, 6.07) is 11.7. The lowest BCUT2D eigenvalue weighted by atomic mass is 10.1. The average molecular weight is 352 g/mol. The Hall–Kier alpha value is -3.15. The Balaban J connectivity index is 1.60. The van der Waals surface area contributed by atoms with E-state index in [4.69, 9.17) is 10.5 Å². The molecule has 0 unspecified atom stereocenters. The number of aryl methyl sites for hydroxylation is 2. The number of hydrogen-bond donors (Lipinski definition) is 2. The molecule has 0 spiro atoms. The number of primary amides is 1. The van der Waals surface area contributed by atoms with Gasteiger partial charge in [-0.2, -0.15) is 0 Å². The van der Waals surface area contributed by atoms with Gasteiger partial charge >= 0.3 is 5.97 Å². The second-order valence-corrected chi connectivity index (χ2v) is 6.32. The maximum atomic E-state index is 12.3. The van der Waals surface area contributed by atoms with Crippen molar-refractivity contribution in [1.29, 1.82) is 0 Å². The monoisotopic (exact) mass is 352 g/mol. The van der Waals surface area contributed by atoms with Crippen molar-refractivity contribution >= 4 is 23.5 Å². The van der Waals surface area contributed by atoms with E-state index in [-0.39, 0.29) is 0 Å². The predicted molar refractivity (Wildman–Crippen MR) is 96.9 cm³/mol. The molecule has 2 amide bonds. The normalized spacial score (nSPS) is 13.6. The molecule has 0 heterocycles. The summed E-state index contributed by atoms with van der Waals surface area (Å²) >= 11 is 0. The summed E-state index contributed by atoms with van der Waals surface area (Å²) < 4.78 is 5.27. The summed E-state index contributed by atoms with van der Waals surface area (Å²) in [5.41, 5.74) is 8.90. The number of ether oxygens (including phenoxy) is 1. The first kappa shape index (κ1) is 17.7. The number of carbonyl (C=O) groups excluding carboxylic acids is 3. The second-order valence-electron chi connectivity index (χ2n) is 6.32. The summed E-state index contributed by atoms with van der Waals surface area (Å²) in [5, 5.41) is 2.64. The van der Waals surface area contributed by atoms with Crippen LogP contribution >= 0.6 is 0 Å². The zero-order chi connectivity index (χ0) is 18.7. The Morgan fingerprint density at radius 3 is 2.35 bits per heavy atom. The van der Waals surface area contributed by atoms with E-state index in [1.54, 1.807) is 18.2 Å². The van der Waals surface area contributed by atoms with Gasteiger partial charge in [-0.05, 0) is 73.7 Å². The highest BCUT2D eigenvalue weighted by molar-refractivity contribution is 5.98. The van der Waals surface area contributed by atoms with Crippen LogP contribution in [0.15, 0.2) is 42.5 Å². The number of esters is 1. The third-order valence-electron chi connectivity index (χ3n) is 4.42. The van der Waals surface area contributed by atoms with Gasteiger partial charge in [0.05, 0.1) is 5.56 Å². The third-order valence-corrected chi connectivity index (χ3v) is 4.42. The van der Waals surface area contributed by atoms with Crippen molar-refractivity contribution < 1.29 is 19.1 Å². The molecule has 0 aliphatic heterocycles. The zero-order valence-corrected chi connectivity index (χ0v) is 14.5. The van der Waals surface area contributed by atoms with Gasteiger partial charge < -0.3 is 15.8 Å². The van der Waals surface area contributed by atoms with Crippen molar-refractivity contribution in [1.82, 2.24) is 0 Å². The highest BCUT2D eigenvalue weighted by Crippen LogP contribution is 2.23. The molecule has 2 aromatic carbocycles. The maximum Gasteiger partial charge on any atom is 0.338 e. The number of anilines is 1. The minimum atomic E-state index is -0.952. The van der Waals surface area contributed by atoms with E-state index in [0.717, 1.165) is 19.3 Å². The largest absolute Gasteiger partial charge is 0.449 e. The molecule has 3 N–H and O–H groups in total. The second kappa shape index (κ2) is 7.39. The first-order chi connectivity index (χ1) is 12.4. The smallest absolute Gasteiger partial charge is 0.338 e. The van der Waals surface area contributed by atoms with Gasteiger partial charge in [-0.15, -0.1) is 0 Å². The van der Waals surface area contributed by atoms with Crippen LogP contribution in [0, 0.1) is 0 Å². The molecule has 26 heavy (non-hydrogen) atoms. The first-order valence-corrected chi connectivity index (χ1v) is 8.47. The fourth-order valence-corrected chi connectivity index (χ4v) is 2.94. The van der Waals surface area contributed by atoms with Crippen molar-refractivity contribution in [2.24, 2.45) is 5.73 Å². The lowest BCUT2D eigenvalue weighted by Crippen LogP contribution is -2.30. The number of nitrogens with one attached hydrogen (secondary N) is 1. The Labute approximate surface area is 151 Å². The van der Waals surface area contributed by atoms with Crippen LogP contribution in [0.3, 0.4) is 0 Å². The molecule has 0 aromatic heterocycles. The Morgan fingerprint density at radius 2 is 1.65 bits per heavy atom. The lowest BCUT2D eigenvalue weighted by Gasteiger charge is -2.14. The van der Waals surface area contributed by atoms with Crippen LogP contribution in [-0.4, -0.2) is 23.9 Å². The van der Waals surface area contributed by atoms with Crippen molar-refractivity contribution in [3.05, 3.63) is 64.7 Å². The summed E-state index contributed by atoms with van der Waals surface area (Å²) in [6.07, 6.45) is 2.15. The number of nitrogens with two attached hydrogens (primary N) is 1. The predicted octanol–water partition coefficient (Wildman–Crippen LogP) is 2.46. The topological polar surface area (TPSA) is 98.5 Å². The van der Waals surface area contributed by atoms with E-state index < -0.39 is 23.9 Å². The number of rotatable bonds is 5. The molecule has 2 aromatic rings. The van der Waals surface area contributed by atoms with Crippen molar-refractivity contribution in [3.8, 4) is 0 Å². The molecule has 0 fully saturated rings. The zero-order valence-electron chi connectivity index (χ0n) is 14.5. The highest BCUT2D eigenvalue weighted by atomic mass is 16.5. The number of benzene rings is 2. The molecule has 0 bridgehead atoms. The molecule has 0 radical (unpaired) electrons. The first-order valence-electron chi connectivity index (χ1n) is 8.47. The van der Waals surface area contributed by atoms with E-state index in [0.29, 0.717) is 16.8 Å². The number of fused-ring (bicyclic) bond motifs is 1. The van der Waals surface area contributed by atoms with Crippen molar-refractivity contribution in [2.45, 2.75) is 32.3 Å². The van der Waals surface area contributed by atoms with E-state index in [9.17, 15) is 14.4 Å². The minimum Gasteiger partial charge on any atom is -0.449 e. The van der Waals surface area contributed by atoms with Gasteiger partial charge in [0.25, 0.3) is 5.91 Å². The van der Waals surface area contributed by atoms with Gasteiger partial charge in [0, 0.05) is 11.3 Å². The summed E-state index contributed by atoms with van der Waals surface area (Å²) in [5.74, 6) is -1.52. The van der Waals surface area contributed by atoms with E-state index in [2.05, 4.69) is 5.32 Å². The quantitative estimate of drug-likeness (QED) is 0.808. The molecule has 1 aliphatic rings. The molecule has 6 heteroatoms. The molecule has 3 rings (SSSR count). The van der Waals surface area contributed by atoms with Crippen LogP contribution in [0.1, 0.15) is 45.2 Å². The van der Waals surface area contributed by atoms with E-state index in [1.165, 1.54) is 30.2 Å². The number of carbonyl (C=O) groups is 3. The van der Waals surface area contributed by atoms with Crippen LogP contribution in [-0.2, 0) is 22.4 Å². The Bertz CT molecular complexity index is 859. The molecular weight excluding hydrogens is 332 g/mol. The summed E-state index contributed by atoms with van der Waals surface area (Å²) in [6.45, 7) is 1.51. The van der Waals surface area contributed by atoms with Crippen molar-refractivity contribution in [2.75, 3.05) is 5.32 Å². The van der Waals surface area contributed by atoms with Gasteiger partial charge in [0.2, 0.25) is 5.91 Å². The molecule has 134 valence electrons. The highest BCUT2D eigenvalue weighted by Gasteiger charge is 2.20. The Morgan fingerprint density at radius 1 is 1.00 bits per heavy atom. The van der Waals surface area contributed by atoms with Gasteiger partial charge in [0.15, 0.2) is 6.10 Å². The molecular formula is C20H20N2O4. The summed E-state index contributed by atoms with van der Waals surface area (Å²) in [7, 11) is 0. The van der Waals surface area contributed by atoms with Gasteiger partial charge in [-0.25, -0.2) is 4.79 Å². The molecule has 1 atom stereocenters. The average Bonchev–Trinajstić information content (AvgIpc) is 3.09. The standard InChI is InChI=1S/C20H20N2O4/c1-12(19(24)22-17-9-7-14(8-10-17)18(21)23)26-20(25)16-6-5-13-3-2-4-15(13)11-16/h5-12H,2-4H2,1H3,(H2,21,23)(H,22,24)/t12-/m0/s1. The van der Waals surface area contributed by atoms with Gasteiger partial charge in [-0.1, -0.05) is 6.07 Å². The fraction of sp³-hybridized carbons (Fsp3) is 0.250. The molecule has 1 aliphatic carbocycles. The summed E-state index contributed by atoms with van der Waals surface area (Å²) in [4.78, 5) is 35.5. The SMILES string of the molecule is C[C@H](OC(=O)c1ccc2c(c1)CCC2)C(=O)Nc1ccc(C(N)=O)cc1. The van der Waals surface area contributed by atoms with Crippen LogP contribution in [0.25, 0.3) is 0 Å². The molecule has 0 saturated heterocycles.